The van der Waals surface area contributed by atoms with Gasteiger partial charge < -0.3 is 9.97 Å². The first-order chi connectivity index (χ1) is 13.0. The third-order valence-electron chi connectivity index (χ3n) is 5.41. The summed E-state index contributed by atoms with van der Waals surface area (Å²) in [6.07, 6.45) is 1.96. The molecule has 2 N–H and O–H groups in total. The van der Waals surface area contributed by atoms with E-state index in [4.69, 9.17) is 4.98 Å². The van der Waals surface area contributed by atoms with Crippen molar-refractivity contribution in [3.8, 4) is 0 Å². The Labute approximate surface area is 162 Å². The number of nitrogens with one attached hydrogen (secondary N) is 2. The Balaban J connectivity index is 1.65. The van der Waals surface area contributed by atoms with Crippen molar-refractivity contribution >= 4 is 32.5 Å². The molecule has 0 aliphatic heterocycles. The maximum Gasteiger partial charge on any atom is 0.259 e. The molecule has 0 aliphatic rings. The van der Waals surface area contributed by atoms with E-state index >= 15 is 0 Å². The highest BCUT2D eigenvalue weighted by Crippen LogP contribution is 2.28. The van der Waals surface area contributed by atoms with E-state index in [0.717, 1.165) is 45.1 Å². The Morgan fingerprint density at radius 3 is 2.85 bits per heavy atom. The molecule has 0 fully saturated rings. The molecular formula is C21H24N4OS. The first-order valence-corrected chi connectivity index (χ1v) is 10.1. The van der Waals surface area contributed by atoms with E-state index in [9.17, 15) is 4.79 Å². The van der Waals surface area contributed by atoms with Crippen LogP contribution in [0.15, 0.2) is 35.3 Å². The summed E-state index contributed by atoms with van der Waals surface area (Å²) in [5, 5.41) is 1.95. The van der Waals surface area contributed by atoms with E-state index < -0.39 is 0 Å². The number of rotatable bonds is 5. The van der Waals surface area contributed by atoms with Gasteiger partial charge in [-0.05, 0) is 62.0 Å². The van der Waals surface area contributed by atoms with Gasteiger partial charge in [-0.1, -0.05) is 13.0 Å². The lowest BCUT2D eigenvalue weighted by Crippen LogP contribution is -2.29. The highest BCUT2D eigenvalue weighted by atomic mass is 32.1. The fraction of sp³-hybridized carbons (Fsp3) is 0.333. The van der Waals surface area contributed by atoms with Gasteiger partial charge in [-0.2, -0.15) is 0 Å². The zero-order valence-electron chi connectivity index (χ0n) is 16.1. The molecule has 0 spiro atoms. The fourth-order valence-corrected chi connectivity index (χ4v) is 4.64. The van der Waals surface area contributed by atoms with E-state index in [-0.39, 0.29) is 11.6 Å². The quantitative estimate of drug-likeness (QED) is 0.529. The lowest BCUT2D eigenvalue weighted by molar-refractivity contribution is 0.205. The topological polar surface area (TPSA) is 64.8 Å². The van der Waals surface area contributed by atoms with E-state index in [2.05, 4.69) is 53.0 Å². The Morgan fingerprint density at radius 2 is 2.07 bits per heavy atom. The van der Waals surface area contributed by atoms with Gasteiger partial charge >= 0.3 is 0 Å². The molecule has 140 valence electrons. The van der Waals surface area contributed by atoms with E-state index in [1.165, 1.54) is 10.9 Å². The van der Waals surface area contributed by atoms with Crippen LogP contribution in [-0.2, 0) is 6.54 Å². The average molecular weight is 381 g/mol. The fourth-order valence-electron chi connectivity index (χ4n) is 3.60. The molecule has 0 saturated heterocycles. The van der Waals surface area contributed by atoms with Crippen LogP contribution in [0.25, 0.3) is 21.1 Å². The van der Waals surface area contributed by atoms with Gasteiger partial charge in [-0.25, -0.2) is 4.98 Å². The second-order valence-corrected chi connectivity index (χ2v) is 8.26. The van der Waals surface area contributed by atoms with Crippen molar-refractivity contribution in [3.63, 3.8) is 0 Å². The molecule has 0 radical (unpaired) electrons. The third kappa shape index (κ3) is 3.19. The van der Waals surface area contributed by atoms with Crippen LogP contribution >= 0.6 is 11.3 Å². The standard InChI is InChI=1S/C21H24N4OS/c1-5-25(11-15-6-7-17-16(10-15)8-9-22-17)13(3)19-23-20(26)18-12(2)14(4)27-21(18)24-19/h6-10,13,22H,5,11H2,1-4H3,(H,23,24,26)/t13-/m1/s1. The van der Waals surface area contributed by atoms with Gasteiger partial charge in [-0.15, -0.1) is 11.3 Å². The van der Waals surface area contributed by atoms with Crippen molar-refractivity contribution in [2.45, 2.75) is 40.3 Å². The molecule has 3 aromatic heterocycles. The number of aryl methyl sites for hydroxylation is 2. The van der Waals surface area contributed by atoms with Gasteiger partial charge in [-0.3, -0.25) is 9.69 Å². The van der Waals surface area contributed by atoms with Crippen molar-refractivity contribution in [2.24, 2.45) is 0 Å². The Kier molecular flexibility index (Phi) is 4.61. The Hall–Kier alpha value is -2.44. The van der Waals surface area contributed by atoms with Gasteiger partial charge in [0, 0.05) is 23.1 Å². The Bertz CT molecular complexity index is 1170. The van der Waals surface area contributed by atoms with Crippen LogP contribution < -0.4 is 5.56 Å². The second kappa shape index (κ2) is 6.94. The first kappa shape index (κ1) is 17.9. The SMILES string of the molecule is CCN(Cc1ccc2[nH]ccc2c1)[C@H](C)c1nc2sc(C)c(C)c2c(=O)[nH]1. The molecule has 27 heavy (non-hydrogen) atoms. The molecule has 0 aliphatic carbocycles. The number of hydrogen-bond acceptors (Lipinski definition) is 4. The van der Waals surface area contributed by atoms with Gasteiger partial charge in [0.2, 0.25) is 0 Å². The molecule has 3 heterocycles. The minimum atomic E-state index is -0.0338. The van der Waals surface area contributed by atoms with E-state index in [0.29, 0.717) is 0 Å². The van der Waals surface area contributed by atoms with E-state index in [1.54, 1.807) is 11.3 Å². The molecule has 6 heteroatoms. The molecule has 0 unspecified atom stereocenters. The lowest BCUT2D eigenvalue weighted by Gasteiger charge is -2.27. The summed E-state index contributed by atoms with van der Waals surface area (Å²) in [4.78, 5) is 28.0. The van der Waals surface area contributed by atoms with Gasteiger partial charge in [0.05, 0.1) is 11.4 Å². The number of aromatic amines is 2. The van der Waals surface area contributed by atoms with Crippen molar-refractivity contribution < 1.29 is 0 Å². The zero-order chi connectivity index (χ0) is 19.1. The predicted molar refractivity (Wildman–Crippen MR) is 113 cm³/mol. The van der Waals surface area contributed by atoms with Gasteiger partial charge in [0.15, 0.2) is 0 Å². The largest absolute Gasteiger partial charge is 0.361 e. The first-order valence-electron chi connectivity index (χ1n) is 9.28. The van der Waals surface area contributed by atoms with Crippen molar-refractivity contribution in [1.29, 1.82) is 0 Å². The molecule has 1 aromatic carbocycles. The maximum atomic E-state index is 12.6. The zero-order valence-corrected chi connectivity index (χ0v) is 16.9. The van der Waals surface area contributed by atoms with Crippen LogP contribution in [0.1, 0.15) is 41.7 Å². The summed E-state index contributed by atoms with van der Waals surface area (Å²) in [5.41, 5.74) is 3.40. The Morgan fingerprint density at radius 1 is 1.26 bits per heavy atom. The summed E-state index contributed by atoms with van der Waals surface area (Å²) in [5.74, 6) is 0.735. The summed E-state index contributed by atoms with van der Waals surface area (Å²) in [6, 6.07) is 8.60. The minimum absolute atomic E-state index is 0.0248. The number of nitrogens with zero attached hydrogens (tertiary/aromatic N) is 2. The van der Waals surface area contributed by atoms with Crippen molar-refractivity contribution in [3.05, 3.63) is 62.6 Å². The molecular weight excluding hydrogens is 356 g/mol. The van der Waals surface area contributed by atoms with Crippen LogP contribution in [-0.4, -0.2) is 26.4 Å². The molecule has 5 nitrogen and oxygen atoms in total. The predicted octanol–water partition coefficient (Wildman–Crippen LogP) is 4.67. The summed E-state index contributed by atoms with van der Waals surface area (Å²) in [6.45, 7) is 9.96. The van der Waals surface area contributed by atoms with Crippen LogP contribution in [0.5, 0.6) is 0 Å². The van der Waals surface area contributed by atoms with Crippen LogP contribution in [0.3, 0.4) is 0 Å². The van der Waals surface area contributed by atoms with Crippen LogP contribution in [0, 0.1) is 13.8 Å². The number of thiophene rings is 1. The van der Waals surface area contributed by atoms with Gasteiger partial charge in [0.1, 0.15) is 10.7 Å². The van der Waals surface area contributed by atoms with Crippen molar-refractivity contribution in [2.75, 3.05) is 6.54 Å². The summed E-state index contributed by atoms with van der Waals surface area (Å²) >= 11 is 1.60. The average Bonchev–Trinajstić information content (AvgIpc) is 3.23. The molecule has 0 bridgehead atoms. The number of benzene rings is 1. The molecule has 0 saturated carbocycles. The minimum Gasteiger partial charge on any atom is -0.361 e. The molecule has 1 atom stereocenters. The highest BCUT2D eigenvalue weighted by molar-refractivity contribution is 7.18. The van der Waals surface area contributed by atoms with Crippen LogP contribution in [0.4, 0.5) is 0 Å². The molecule has 4 rings (SSSR count). The maximum absolute atomic E-state index is 12.6. The molecule has 0 amide bonds. The van der Waals surface area contributed by atoms with E-state index in [1.807, 2.05) is 20.0 Å². The third-order valence-corrected chi connectivity index (χ3v) is 6.51. The monoisotopic (exact) mass is 380 g/mol. The number of fused-ring (bicyclic) bond motifs is 2. The number of aromatic nitrogens is 3. The smallest absolute Gasteiger partial charge is 0.259 e. The normalized spacial score (nSPS) is 13.1. The number of hydrogen-bond donors (Lipinski definition) is 2. The van der Waals surface area contributed by atoms with Gasteiger partial charge in [0.25, 0.3) is 5.56 Å². The summed E-state index contributed by atoms with van der Waals surface area (Å²) < 4.78 is 0. The van der Waals surface area contributed by atoms with Crippen molar-refractivity contribution in [1.82, 2.24) is 19.9 Å². The van der Waals surface area contributed by atoms with Crippen LogP contribution in [0.2, 0.25) is 0 Å². The second-order valence-electron chi connectivity index (χ2n) is 7.05. The lowest BCUT2D eigenvalue weighted by atomic mass is 10.1. The highest BCUT2D eigenvalue weighted by Gasteiger charge is 2.20. The number of H-pyrrole nitrogens is 2. The summed E-state index contributed by atoms with van der Waals surface area (Å²) in [7, 11) is 0. The molecule has 4 aromatic rings.